The molecule has 0 atom stereocenters. The molecule has 0 aromatic carbocycles. The molecule has 0 heterocycles. The van der Waals surface area contributed by atoms with Crippen LogP contribution in [0.5, 0.6) is 0 Å². The van der Waals surface area contributed by atoms with Crippen molar-refractivity contribution in [1.82, 2.24) is 5.32 Å². The van der Waals surface area contributed by atoms with E-state index in [2.05, 4.69) is 11.9 Å². The molecule has 5 nitrogen and oxygen atoms in total. The van der Waals surface area contributed by atoms with E-state index in [1.807, 2.05) is 13.8 Å². The maximum atomic E-state index is 10.5. The Bertz CT molecular complexity index is 177. The van der Waals surface area contributed by atoms with Gasteiger partial charge < -0.3 is 5.32 Å². The van der Waals surface area contributed by atoms with Gasteiger partial charge in [0.25, 0.3) is 0 Å². The molecule has 6 heteroatoms. The topological polar surface area (TPSA) is 86.6 Å². The maximum Gasteiger partial charge on any atom is 0.692 e. The van der Waals surface area contributed by atoms with Gasteiger partial charge >= 0.3 is 8.25 Å². The molecule has 0 saturated heterocycles. The molecule has 0 aromatic rings. The lowest BCUT2D eigenvalue weighted by Crippen LogP contribution is -2.24. The summed E-state index contributed by atoms with van der Waals surface area (Å²) in [5.41, 5.74) is 0. The molecule has 3 N–H and O–H groups in total. The van der Waals surface area contributed by atoms with E-state index in [9.17, 15) is 4.79 Å². The van der Waals surface area contributed by atoms with Gasteiger partial charge in [0.15, 0.2) is 0 Å². The van der Waals surface area contributed by atoms with Crippen molar-refractivity contribution in [1.29, 1.82) is 0 Å². The monoisotopic (exact) mass is 208 g/mol. The number of rotatable bonds is 3. The first-order valence-corrected chi connectivity index (χ1v) is 4.82. The molecule has 0 aliphatic carbocycles. The van der Waals surface area contributed by atoms with Crippen LogP contribution in [0.3, 0.4) is 0 Å². The van der Waals surface area contributed by atoms with Crippen molar-refractivity contribution in [3.8, 4) is 0 Å². The SMILES string of the molecule is C=CC(=O)NCC(C)C.O=[P+](O)O. The minimum absolute atomic E-state index is 0.0938. The van der Waals surface area contributed by atoms with E-state index < -0.39 is 8.25 Å². The third kappa shape index (κ3) is 24.6. The molecule has 0 saturated carbocycles. The van der Waals surface area contributed by atoms with Crippen molar-refractivity contribution in [3.05, 3.63) is 12.7 Å². The van der Waals surface area contributed by atoms with E-state index in [0.717, 1.165) is 6.54 Å². The van der Waals surface area contributed by atoms with Crippen LogP contribution in [0.4, 0.5) is 0 Å². The minimum atomic E-state index is -2.87. The lowest BCUT2D eigenvalue weighted by atomic mass is 10.2. The summed E-state index contributed by atoms with van der Waals surface area (Å²) >= 11 is 0. The quantitative estimate of drug-likeness (QED) is 0.467. The van der Waals surface area contributed by atoms with Crippen LogP contribution in [0.2, 0.25) is 0 Å². The van der Waals surface area contributed by atoms with Gasteiger partial charge in [-0.25, -0.2) is 0 Å². The number of amides is 1. The van der Waals surface area contributed by atoms with Gasteiger partial charge in [-0.05, 0) is 12.0 Å². The molecule has 0 radical (unpaired) electrons. The zero-order valence-corrected chi connectivity index (χ0v) is 8.62. The highest BCUT2D eigenvalue weighted by Gasteiger charge is 1.94. The Morgan fingerprint density at radius 2 is 2.00 bits per heavy atom. The Balaban J connectivity index is 0. The number of hydrogen-bond acceptors (Lipinski definition) is 2. The molecule has 0 unspecified atom stereocenters. The number of hydrogen-bond donors (Lipinski definition) is 3. The first-order valence-electron chi connectivity index (χ1n) is 3.65. The van der Waals surface area contributed by atoms with Crippen LogP contribution in [-0.2, 0) is 9.36 Å². The molecule has 76 valence electrons. The van der Waals surface area contributed by atoms with Crippen LogP contribution in [0.25, 0.3) is 0 Å². The summed E-state index contributed by atoms with van der Waals surface area (Å²) in [7, 11) is -2.87. The Hall–Kier alpha value is -0.770. The summed E-state index contributed by atoms with van der Waals surface area (Å²) < 4.78 is 8.70. The zero-order valence-electron chi connectivity index (χ0n) is 7.73. The number of carbonyl (C=O) groups excluding carboxylic acids is 1. The van der Waals surface area contributed by atoms with E-state index in [1.165, 1.54) is 6.08 Å². The highest BCUT2D eigenvalue weighted by molar-refractivity contribution is 7.30. The molecule has 0 spiro atoms. The summed E-state index contributed by atoms with van der Waals surface area (Å²) in [6.45, 7) is 8.14. The zero-order chi connectivity index (χ0) is 10.9. The first kappa shape index (κ1) is 14.7. The van der Waals surface area contributed by atoms with Crippen molar-refractivity contribution < 1.29 is 19.1 Å². The fourth-order valence-electron chi connectivity index (χ4n) is 0.377. The maximum absolute atomic E-state index is 10.5. The Kier molecular flexibility index (Phi) is 10.6. The van der Waals surface area contributed by atoms with Crippen LogP contribution in [-0.4, -0.2) is 22.2 Å². The van der Waals surface area contributed by atoms with E-state index in [1.54, 1.807) is 0 Å². The molecule has 13 heavy (non-hydrogen) atoms. The molecule has 0 rings (SSSR count). The van der Waals surface area contributed by atoms with Gasteiger partial charge in [-0.15, -0.1) is 9.79 Å². The highest BCUT2D eigenvalue weighted by atomic mass is 31.1. The predicted octanol–water partition coefficient (Wildman–Crippen LogP) is 0.573. The smallest absolute Gasteiger partial charge is 0.352 e. The molecular weight excluding hydrogens is 193 g/mol. The summed E-state index contributed by atoms with van der Waals surface area (Å²) in [4.78, 5) is 24.7. The Morgan fingerprint density at radius 1 is 1.62 bits per heavy atom. The predicted molar refractivity (Wildman–Crippen MR) is 50.1 cm³/mol. The highest BCUT2D eigenvalue weighted by Crippen LogP contribution is 1.98. The number of nitrogens with one attached hydrogen (secondary N) is 1. The summed E-state index contributed by atoms with van der Waals surface area (Å²) in [6, 6.07) is 0. The first-order chi connectivity index (χ1) is 5.90. The van der Waals surface area contributed by atoms with Crippen molar-refractivity contribution >= 4 is 14.2 Å². The van der Waals surface area contributed by atoms with Crippen LogP contribution >= 0.6 is 8.25 Å². The van der Waals surface area contributed by atoms with Gasteiger partial charge in [-0.3, -0.25) is 4.79 Å². The second-order valence-electron chi connectivity index (χ2n) is 2.60. The molecule has 0 aliphatic rings. The third-order valence-corrected chi connectivity index (χ3v) is 0.870. The lowest BCUT2D eigenvalue weighted by molar-refractivity contribution is -0.116. The van der Waals surface area contributed by atoms with Crippen LogP contribution in [0.15, 0.2) is 12.7 Å². The van der Waals surface area contributed by atoms with E-state index in [0.29, 0.717) is 5.92 Å². The molecular formula is C7H15NO4P+. The van der Waals surface area contributed by atoms with Crippen molar-refractivity contribution in [2.24, 2.45) is 5.92 Å². The normalized spacial score (nSPS) is 8.38. The Morgan fingerprint density at radius 3 is 2.23 bits per heavy atom. The van der Waals surface area contributed by atoms with Gasteiger partial charge in [0.05, 0.1) is 0 Å². The summed E-state index contributed by atoms with van der Waals surface area (Å²) in [5, 5.41) is 2.67. The van der Waals surface area contributed by atoms with Gasteiger partial charge in [0.2, 0.25) is 5.91 Å². The average Bonchev–Trinajstić information content (AvgIpc) is 1.99. The number of carbonyl (C=O) groups is 1. The fourth-order valence-corrected chi connectivity index (χ4v) is 0.377. The van der Waals surface area contributed by atoms with Crippen molar-refractivity contribution in [3.63, 3.8) is 0 Å². The lowest BCUT2D eigenvalue weighted by Gasteiger charge is -2.03. The molecule has 0 aliphatic heterocycles. The molecule has 0 fully saturated rings. The van der Waals surface area contributed by atoms with Crippen LogP contribution in [0.1, 0.15) is 13.8 Å². The molecule has 1 amide bonds. The van der Waals surface area contributed by atoms with E-state index >= 15 is 0 Å². The molecule has 0 aromatic heterocycles. The fraction of sp³-hybridized carbons (Fsp3) is 0.571. The van der Waals surface area contributed by atoms with Gasteiger partial charge in [0.1, 0.15) is 0 Å². The largest absolute Gasteiger partial charge is 0.692 e. The van der Waals surface area contributed by atoms with Gasteiger partial charge in [-0.1, -0.05) is 20.4 Å². The summed E-state index contributed by atoms with van der Waals surface area (Å²) in [6.07, 6.45) is 1.28. The summed E-state index contributed by atoms with van der Waals surface area (Å²) in [5.74, 6) is 0.414. The van der Waals surface area contributed by atoms with Crippen LogP contribution < -0.4 is 5.32 Å². The van der Waals surface area contributed by atoms with Crippen molar-refractivity contribution in [2.75, 3.05) is 6.54 Å². The second kappa shape index (κ2) is 9.32. The van der Waals surface area contributed by atoms with Gasteiger partial charge in [0, 0.05) is 11.1 Å². The average molecular weight is 208 g/mol. The van der Waals surface area contributed by atoms with Gasteiger partial charge in [-0.2, -0.15) is 0 Å². The third-order valence-electron chi connectivity index (χ3n) is 0.870. The van der Waals surface area contributed by atoms with Crippen LogP contribution in [0, 0.1) is 5.92 Å². The standard InChI is InChI=1S/C7H13NO.HO3P/c1-4-7(9)8-5-6(2)3;1-4(2)3/h4,6H,1,5H2,2-3H3,(H,8,9);(H-,1,2,3)/p+1. The van der Waals surface area contributed by atoms with E-state index in [-0.39, 0.29) is 5.91 Å². The second-order valence-corrected chi connectivity index (χ2v) is 3.10. The minimum Gasteiger partial charge on any atom is -0.352 e. The Labute approximate surface area is 78.4 Å². The molecule has 0 bridgehead atoms. The van der Waals surface area contributed by atoms with E-state index in [4.69, 9.17) is 14.4 Å². The van der Waals surface area contributed by atoms with Crippen molar-refractivity contribution in [2.45, 2.75) is 13.8 Å².